The molecule has 35 heavy (non-hydrogen) atoms. The largest absolute Gasteiger partial charge is 0.486 e. The molecule has 0 spiro atoms. The molecule has 2 saturated heterocycles. The standard InChI is InChI=1S/C28H28N4O3/c1-18-26(31-35-30-18)17-34-27-5-3-2-4-25(27)28(33)32-23-8-9-24(32)15-20(14-23)12-19-6-7-22-16-29-11-10-21(22)13-19/h2-7,10-11,13,16,20,23-24H,8-9,12,14-15,17H2,1H3/t23-,24-/m0/s1. The smallest absolute Gasteiger partial charge is 0.258 e. The number of amides is 1. The highest BCUT2D eigenvalue weighted by molar-refractivity contribution is 5.97. The molecule has 0 saturated carbocycles. The van der Waals surface area contributed by atoms with Crippen LogP contribution < -0.4 is 4.74 Å². The van der Waals surface area contributed by atoms with Crippen LogP contribution in [0.25, 0.3) is 10.8 Å². The van der Waals surface area contributed by atoms with E-state index in [0.717, 1.165) is 32.1 Å². The number of pyridine rings is 1. The van der Waals surface area contributed by atoms with E-state index in [-0.39, 0.29) is 24.6 Å². The van der Waals surface area contributed by atoms with Crippen LogP contribution in [0.3, 0.4) is 0 Å². The minimum absolute atomic E-state index is 0.0692. The second kappa shape index (κ2) is 9.13. The molecule has 2 atom stereocenters. The molecule has 4 aromatic rings. The predicted octanol–water partition coefficient (Wildman–Crippen LogP) is 5.13. The van der Waals surface area contributed by atoms with Gasteiger partial charge in [0.05, 0.1) is 5.56 Å². The van der Waals surface area contributed by atoms with Crippen LogP contribution in [0, 0.1) is 12.8 Å². The summed E-state index contributed by atoms with van der Waals surface area (Å²) in [5.41, 5.74) is 3.31. The molecule has 0 aliphatic carbocycles. The van der Waals surface area contributed by atoms with Crippen molar-refractivity contribution < 1.29 is 14.2 Å². The molecule has 2 aliphatic heterocycles. The van der Waals surface area contributed by atoms with Gasteiger partial charge in [-0.05, 0) is 74.1 Å². The van der Waals surface area contributed by atoms with Crippen molar-refractivity contribution in [1.82, 2.24) is 20.2 Å². The number of hydrogen-bond acceptors (Lipinski definition) is 6. The number of aromatic nitrogens is 3. The van der Waals surface area contributed by atoms with E-state index >= 15 is 0 Å². The zero-order valence-electron chi connectivity index (χ0n) is 19.8. The number of para-hydroxylation sites is 1. The van der Waals surface area contributed by atoms with Gasteiger partial charge in [-0.1, -0.05) is 40.6 Å². The van der Waals surface area contributed by atoms with E-state index in [0.29, 0.717) is 28.6 Å². The van der Waals surface area contributed by atoms with Crippen LogP contribution in [0.2, 0.25) is 0 Å². The van der Waals surface area contributed by atoms with Crippen molar-refractivity contribution in [1.29, 1.82) is 0 Å². The van der Waals surface area contributed by atoms with E-state index < -0.39 is 0 Å². The molecule has 2 fully saturated rings. The Morgan fingerprint density at radius 2 is 1.89 bits per heavy atom. The average Bonchev–Trinajstić information content (AvgIpc) is 3.41. The summed E-state index contributed by atoms with van der Waals surface area (Å²) < 4.78 is 10.7. The highest BCUT2D eigenvalue weighted by Gasteiger charge is 2.43. The first-order chi connectivity index (χ1) is 17.2. The predicted molar refractivity (Wildman–Crippen MR) is 131 cm³/mol. The van der Waals surface area contributed by atoms with Crippen molar-refractivity contribution in [2.45, 2.75) is 57.7 Å². The lowest BCUT2D eigenvalue weighted by Crippen LogP contribution is -2.47. The Morgan fingerprint density at radius 1 is 1.06 bits per heavy atom. The first kappa shape index (κ1) is 21.8. The van der Waals surface area contributed by atoms with Gasteiger partial charge in [-0.3, -0.25) is 9.78 Å². The molecule has 0 N–H and O–H groups in total. The molecule has 178 valence electrons. The third kappa shape index (κ3) is 4.27. The Balaban J connectivity index is 1.16. The lowest BCUT2D eigenvalue weighted by Gasteiger charge is -2.39. The van der Waals surface area contributed by atoms with Crippen LogP contribution in [-0.4, -0.2) is 38.2 Å². The molecule has 2 aromatic heterocycles. The summed E-state index contributed by atoms with van der Waals surface area (Å²) in [6.45, 7) is 2.04. The van der Waals surface area contributed by atoms with Crippen LogP contribution >= 0.6 is 0 Å². The Bertz CT molecular complexity index is 1350. The number of carbonyl (C=O) groups excluding carboxylic acids is 1. The molecule has 2 aliphatic rings. The fourth-order valence-corrected chi connectivity index (χ4v) is 5.82. The van der Waals surface area contributed by atoms with Crippen LogP contribution in [0.5, 0.6) is 5.75 Å². The molecule has 2 aromatic carbocycles. The van der Waals surface area contributed by atoms with E-state index in [1.54, 1.807) is 0 Å². The number of nitrogens with zero attached hydrogens (tertiary/aromatic N) is 4. The summed E-state index contributed by atoms with van der Waals surface area (Å²) in [5.74, 6) is 1.23. The molecule has 6 rings (SSSR count). The maximum atomic E-state index is 13.7. The van der Waals surface area contributed by atoms with Crippen molar-refractivity contribution in [2.75, 3.05) is 0 Å². The topological polar surface area (TPSA) is 81.3 Å². The third-order valence-electron chi connectivity index (χ3n) is 7.52. The quantitative estimate of drug-likeness (QED) is 0.390. The van der Waals surface area contributed by atoms with Gasteiger partial charge in [0.25, 0.3) is 5.91 Å². The van der Waals surface area contributed by atoms with Gasteiger partial charge in [-0.2, -0.15) is 0 Å². The first-order valence-corrected chi connectivity index (χ1v) is 12.3. The minimum atomic E-state index is 0.0692. The average molecular weight is 469 g/mol. The zero-order valence-corrected chi connectivity index (χ0v) is 19.8. The van der Waals surface area contributed by atoms with Gasteiger partial charge in [-0.15, -0.1) is 0 Å². The summed E-state index contributed by atoms with van der Waals surface area (Å²) in [6, 6.07) is 16.8. The highest BCUT2D eigenvalue weighted by Crippen LogP contribution is 2.41. The molecular formula is C28H28N4O3. The van der Waals surface area contributed by atoms with Crippen molar-refractivity contribution in [2.24, 2.45) is 5.92 Å². The van der Waals surface area contributed by atoms with Crippen LogP contribution in [-0.2, 0) is 13.0 Å². The summed E-state index contributed by atoms with van der Waals surface area (Å²) in [5, 5.41) is 10.1. The number of hydrogen-bond donors (Lipinski definition) is 0. The number of benzene rings is 2. The van der Waals surface area contributed by atoms with Gasteiger partial charge < -0.3 is 9.64 Å². The second-order valence-corrected chi connectivity index (χ2v) is 9.78. The van der Waals surface area contributed by atoms with Crippen molar-refractivity contribution >= 4 is 16.7 Å². The van der Waals surface area contributed by atoms with Gasteiger partial charge in [-0.25, -0.2) is 4.63 Å². The third-order valence-corrected chi connectivity index (χ3v) is 7.52. The number of carbonyl (C=O) groups is 1. The summed E-state index contributed by atoms with van der Waals surface area (Å²) in [4.78, 5) is 20.1. The monoisotopic (exact) mass is 468 g/mol. The zero-order chi connectivity index (χ0) is 23.8. The molecular weight excluding hydrogens is 440 g/mol. The SMILES string of the molecule is Cc1nonc1COc1ccccc1C(=O)N1[C@H]2CC[C@H]1CC(Cc1ccc3cnccc3c1)C2. The van der Waals surface area contributed by atoms with Crippen LogP contribution in [0.1, 0.15) is 53.0 Å². The van der Waals surface area contributed by atoms with Gasteiger partial charge in [0, 0.05) is 29.9 Å². The van der Waals surface area contributed by atoms with Crippen molar-refractivity contribution in [3.63, 3.8) is 0 Å². The van der Waals surface area contributed by atoms with Crippen molar-refractivity contribution in [3.8, 4) is 5.75 Å². The molecule has 2 bridgehead atoms. The normalized spacial score (nSPS) is 21.4. The molecule has 7 nitrogen and oxygen atoms in total. The Labute approximate surface area is 204 Å². The van der Waals surface area contributed by atoms with Gasteiger partial charge >= 0.3 is 0 Å². The summed E-state index contributed by atoms with van der Waals surface area (Å²) >= 11 is 0. The van der Waals surface area contributed by atoms with E-state index in [1.165, 1.54) is 16.3 Å². The Hall–Kier alpha value is -3.74. The first-order valence-electron chi connectivity index (χ1n) is 12.3. The molecule has 0 radical (unpaired) electrons. The summed E-state index contributed by atoms with van der Waals surface area (Å²) in [7, 11) is 0. The maximum Gasteiger partial charge on any atom is 0.258 e. The number of fused-ring (bicyclic) bond motifs is 3. The van der Waals surface area contributed by atoms with Gasteiger partial charge in [0.2, 0.25) is 0 Å². The molecule has 0 unspecified atom stereocenters. The van der Waals surface area contributed by atoms with Gasteiger partial charge in [0.1, 0.15) is 23.7 Å². The van der Waals surface area contributed by atoms with Crippen LogP contribution in [0.15, 0.2) is 65.6 Å². The Morgan fingerprint density at radius 3 is 2.69 bits per heavy atom. The number of rotatable bonds is 6. The number of piperidine rings is 1. The second-order valence-electron chi connectivity index (χ2n) is 9.78. The Kier molecular flexibility index (Phi) is 5.68. The lowest BCUT2D eigenvalue weighted by molar-refractivity contribution is 0.0520. The number of ether oxygens (including phenoxy) is 1. The van der Waals surface area contributed by atoms with E-state index in [1.807, 2.05) is 43.6 Å². The lowest BCUT2D eigenvalue weighted by atomic mass is 9.85. The summed E-state index contributed by atoms with van der Waals surface area (Å²) in [6.07, 6.45) is 9.05. The molecule has 7 heteroatoms. The van der Waals surface area contributed by atoms with Gasteiger partial charge in [0.15, 0.2) is 0 Å². The minimum Gasteiger partial charge on any atom is -0.486 e. The van der Waals surface area contributed by atoms with E-state index in [9.17, 15) is 4.79 Å². The van der Waals surface area contributed by atoms with Crippen molar-refractivity contribution in [3.05, 3.63) is 83.4 Å². The maximum absolute atomic E-state index is 13.7. The molecule has 1 amide bonds. The van der Waals surface area contributed by atoms with Crippen LogP contribution in [0.4, 0.5) is 0 Å². The van der Waals surface area contributed by atoms with E-state index in [2.05, 4.69) is 44.5 Å². The highest BCUT2D eigenvalue weighted by atomic mass is 16.6. The molecule has 4 heterocycles. The number of aryl methyl sites for hydroxylation is 1. The van der Waals surface area contributed by atoms with E-state index in [4.69, 9.17) is 9.37 Å². The fraction of sp³-hybridized carbons (Fsp3) is 0.357. The fourth-order valence-electron chi connectivity index (χ4n) is 5.82.